The Bertz CT molecular complexity index is 1080. The van der Waals surface area contributed by atoms with Crippen molar-refractivity contribution in [1.82, 2.24) is 19.5 Å². The van der Waals surface area contributed by atoms with Gasteiger partial charge in [-0.15, -0.1) is 0 Å². The second-order valence-electron chi connectivity index (χ2n) is 5.52. The number of halogens is 4. The van der Waals surface area contributed by atoms with E-state index >= 15 is 0 Å². The normalized spacial score (nSPS) is 12.2. The number of hydrogen-bond donors (Lipinski definition) is 0. The van der Waals surface area contributed by atoms with Gasteiger partial charge in [-0.1, -0.05) is 54.1 Å². The first-order chi connectivity index (χ1) is 11.9. The minimum absolute atomic E-state index is 0.0558. The summed E-state index contributed by atoms with van der Waals surface area (Å²) in [5.41, 5.74) is 1.15. The Morgan fingerprint density at radius 2 is 1.76 bits per heavy atom. The van der Waals surface area contributed by atoms with Gasteiger partial charge in [0.2, 0.25) is 5.82 Å². The number of benzene rings is 2. The molecule has 0 saturated carbocycles. The molecule has 0 N–H and O–H groups in total. The van der Waals surface area contributed by atoms with E-state index in [2.05, 4.69) is 15.0 Å². The Morgan fingerprint density at radius 3 is 2.56 bits per heavy atom. The van der Waals surface area contributed by atoms with Gasteiger partial charge >= 0.3 is 6.18 Å². The zero-order valence-electron chi connectivity index (χ0n) is 12.6. The lowest BCUT2D eigenvalue weighted by Gasteiger charge is -2.09. The molecule has 0 aliphatic carbocycles. The number of hydrogen-bond acceptors (Lipinski definition) is 3. The molecule has 4 nitrogen and oxygen atoms in total. The third kappa shape index (κ3) is 2.80. The molecule has 0 spiro atoms. The second kappa shape index (κ2) is 5.70. The van der Waals surface area contributed by atoms with Gasteiger partial charge < -0.3 is 4.57 Å². The SMILES string of the molecule is FC(F)(F)c1nc(Cl)c2ncn(Cc3cccc4ccccc34)c2n1. The Balaban J connectivity index is 1.85. The third-order valence-corrected chi connectivity index (χ3v) is 4.16. The highest BCUT2D eigenvalue weighted by Crippen LogP contribution is 2.30. The van der Waals surface area contributed by atoms with E-state index in [1.54, 1.807) is 4.57 Å². The Hall–Kier alpha value is -2.67. The molecule has 0 fully saturated rings. The van der Waals surface area contributed by atoms with Crippen LogP contribution in [0, 0.1) is 0 Å². The molecular weight excluding hydrogens is 353 g/mol. The van der Waals surface area contributed by atoms with Crippen LogP contribution in [0.2, 0.25) is 5.15 Å². The largest absolute Gasteiger partial charge is 0.451 e. The van der Waals surface area contributed by atoms with Gasteiger partial charge in [-0.2, -0.15) is 13.2 Å². The second-order valence-corrected chi connectivity index (χ2v) is 5.88. The highest BCUT2D eigenvalue weighted by Gasteiger charge is 2.36. The number of fused-ring (bicyclic) bond motifs is 2. The Labute approximate surface area is 144 Å². The van der Waals surface area contributed by atoms with Gasteiger partial charge in [0.1, 0.15) is 5.52 Å². The van der Waals surface area contributed by atoms with Crippen molar-refractivity contribution in [2.45, 2.75) is 12.7 Å². The van der Waals surface area contributed by atoms with E-state index in [0.29, 0.717) is 6.54 Å². The van der Waals surface area contributed by atoms with E-state index in [1.807, 2.05) is 42.5 Å². The standard InChI is InChI=1S/C17H10ClF3N4/c18-14-13-15(24-16(23-14)17(19,20)21)25(9-22-13)8-11-6-3-5-10-4-1-2-7-12(10)11/h1-7,9H,8H2. The van der Waals surface area contributed by atoms with Gasteiger partial charge in [-0.05, 0) is 16.3 Å². The summed E-state index contributed by atoms with van der Waals surface area (Å²) in [6.45, 7) is 0.322. The van der Waals surface area contributed by atoms with Crippen molar-refractivity contribution < 1.29 is 13.2 Å². The fourth-order valence-electron chi connectivity index (χ4n) is 2.77. The van der Waals surface area contributed by atoms with Crippen molar-refractivity contribution in [2.24, 2.45) is 0 Å². The highest BCUT2D eigenvalue weighted by atomic mass is 35.5. The zero-order chi connectivity index (χ0) is 17.6. The molecule has 4 aromatic rings. The molecule has 0 atom stereocenters. The van der Waals surface area contributed by atoms with Crippen LogP contribution in [0.5, 0.6) is 0 Å². The molecule has 0 aliphatic rings. The average molecular weight is 363 g/mol. The molecule has 0 radical (unpaired) electrons. The molecule has 0 bridgehead atoms. The minimum Gasteiger partial charge on any atom is -0.311 e. The van der Waals surface area contributed by atoms with Crippen LogP contribution in [0.4, 0.5) is 13.2 Å². The average Bonchev–Trinajstić information content (AvgIpc) is 2.98. The molecular formula is C17H10ClF3N4. The fraction of sp³-hybridized carbons (Fsp3) is 0.118. The van der Waals surface area contributed by atoms with Gasteiger partial charge in [0, 0.05) is 0 Å². The molecule has 126 valence electrons. The maximum atomic E-state index is 13.0. The molecule has 25 heavy (non-hydrogen) atoms. The molecule has 4 rings (SSSR count). The number of nitrogens with zero attached hydrogens (tertiary/aromatic N) is 4. The summed E-state index contributed by atoms with van der Waals surface area (Å²) in [6.07, 6.45) is -3.25. The van der Waals surface area contributed by atoms with Crippen LogP contribution in [-0.4, -0.2) is 19.5 Å². The minimum atomic E-state index is -4.67. The molecule has 2 heterocycles. The van der Waals surface area contributed by atoms with Gasteiger partial charge in [-0.25, -0.2) is 15.0 Å². The van der Waals surface area contributed by atoms with Crippen LogP contribution in [0.15, 0.2) is 48.8 Å². The van der Waals surface area contributed by atoms with E-state index < -0.39 is 12.0 Å². The van der Waals surface area contributed by atoms with Crippen LogP contribution in [0.25, 0.3) is 21.9 Å². The summed E-state index contributed by atoms with van der Waals surface area (Å²) in [7, 11) is 0. The highest BCUT2D eigenvalue weighted by molar-refractivity contribution is 6.33. The van der Waals surface area contributed by atoms with Crippen molar-refractivity contribution in [1.29, 1.82) is 0 Å². The first-order valence-corrected chi connectivity index (χ1v) is 7.73. The van der Waals surface area contributed by atoms with Crippen molar-refractivity contribution in [2.75, 3.05) is 0 Å². The summed E-state index contributed by atoms with van der Waals surface area (Å²) >= 11 is 5.85. The lowest BCUT2D eigenvalue weighted by atomic mass is 10.0. The van der Waals surface area contributed by atoms with Gasteiger partial charge in [0.05, 0.1) is 12.9 Å². The monoisotopic (exact) mass is 362 g/mol. The molecule has 2 aromatic carbocycles. The maximum Gasteiger partial charge on any atom is 0.451 e. The Kier molecular flexibility index (Phi) is 3.61. The van der Waals surface area contributed by atoms with Gasteiger partial charge in [0.25, 0.3) is 0 Å². The van der Waals surface area contributed by atoms with Crippen molar-refractivity contribution >= 4 is 33.5 Å². The quantitative estimate of drug-likeness (QED) is 0.485. The molecule has 0 unspecified atom stereocenters. The third-order valence-electron chi connectivity index (χ3n) is 3.90. The number of aromatic nitrogens is 4. The van der Waals surface area contributed by atoms with Crippen LogP contribution >= 0.6 is 11.6 Å². The van der Waals surface area contributed by atoms with Crippen LogP contribution < -0.4 is 0 Å². The fourth-order valence-corrected chi connectivity index (χ4v) is 2.98. The van der Waals surface area contributed by atoms with Crippen molar-refractivity contribution in [3.63, 3.8) is 0 Å². The molecule has 0 amide bonds. The van der Waals surface area contributed by atoms with Crippen molar-refractivity contribution in [3.05, 3.63) is 65.3 Å². The first kappa shape index (κ1) is 15.8. The first-order valence-electron chi connectivity index (χ1n) is 7.36. The van der Waals surface area contributed by atoms with Crippen molar-refractivity contribution in [3.8, 4) is 0 Å². The number of alkyl halides is 3. The predicted octanol–water partition coefficient (Wildman–Crippen LogP) is 4.70. The summed E-state index contributed by atoms with van der Waals surface area (Å²) in [4.78, 5) is 11.0. The van der Waals surface area contributed by atoms with E-state index in [9.17, 15) is 13.2 Å². The summed E-state index contributed by atoms with van der Waals surface area (Å²) in [5.74, 6) is -1.27. The maximum absolute atomic E-state index is 13.0. The topological polar surface area (TPSA) is 43.6 Å². The molecule has 0 saturated heterocycles. The van der Waals surface area contributed by atoms with Crippen LogP contribution in [-0.2, 0) is 12.7 Å². The molecule has 0 aliphatic heterocycles. The Morgan fingerprint density at radius 1 is 1.00 bits per heavy atom. The predicted molar refractivity (Wildman–Crippen MR) is 88.4 cm³/mol. The lowest BCUT2D eigenvalue weighted by Crippen LogP contribution is -2.12. The van der Waals surface area contributed by atoms with Crippen LogP contribution in [0.3, 0.4) is 0 Å². The molecule has 2 aromatic heterocycles. The van der Waals surface area contributed by atoms with E-state index in [-0.39, 0.29) is 16.3 Å². The summed E-state index contributed by atoms with van der Waals surface area (Å²) in [6, 6.07) is 13.6. The lowest BCUT2D eigenvalue weighted by molar-refractivity contribution is -0.144. The van der Waals surface area contributed by atoms with E-state index in [0.717, 1.165) is 16.3 Å². The zero-order valence-corrected chi connectivity index (χ0v) is 13.4. The van der Waals surface area contributed by atoms with E-state index in [1.165, 1.54) is 6.33 Å². The van der Waals surface area contributed by atoms with Crippen LogP contribution in [0.1, 0.15) is 11.4 Å². The smallest absolute Gasteiger partial charge is 0.311 e. The number of rotatable bonds is 2. The summed E-state index contributed by atoms with van der Waals surface area (Å²) < 4.78 is 40.4. The van der Waals surface area contributed by atoms with Gasteiger partial charge in [-0.3, -0.25) is 0 Å². The summed E-state index contributed by atoms with van der Waals surface area (Å²) in [5, 5.41) is 1.75. The van der Waals surface area contributed by atoms with Gasteiger partial charge in [0.15, 0.2) is 10.8 Å². The molecule has 8 heteroatoms. The number of imidazole rings is 1. The van der Waals surface area contributed by atoms with E-state index in [4.69, 9.17) is 11.6 Å².